The van der Waals surface area contributed by atoms with Crippen LogP contribution in [0.4, 0.5) is 10.2 Å². The fourth-order valence-corrected chi connectivity index (χ4v) is 6.51. The zero-order chi connectivity index (χ0) is 32.3. The van der Waals surface area contributed by atoms with E-state index in [0.29, 0.717) is 47.3 Å². The molecule has 2 aromatic heterocycles. The van der Waals surface area contributed by atoms with Crippen LogP contribution < -0.4 is 15.2 Å². The smallest absolute Gasteiger partial charge is 0.290 e. The van der Waals surface area contributed by atoms with Crippen molar-refractivity contribution in [3.8, 4) is 11.8 Å². The van der Waals surface area contributed by atoms with E-state index >= 15 is 4.39 Å². The van der Waals surface area contributed by atoms with Gasteiger partial charge in [-0.2, -0.15) is 10.4 Å². The molecule has 1 atom stereocenters. The highest BCUT2D eigenvalue weighted by molar-refractivity contribution is 5.95. The molecule has 2 saturated heterocycles. The number of hydrogen-bond donors (Lipinski definition) is 2. The highest BCUT2D eigenvalue weighted by atomic mass is 19.1. The molecule has 1 saturated carbocycles. The highest BCUT2D eigenvalue weighted by Crippen LogP contribution is 2.41. The number of nitrogens with one attached hydrogen (secondary N) is 1. The Labute approximate surface area is 264 Å². The quantitative estimate of drug-likeness (QED) is 0.299. The molecule has 1 unspecified atom stereocenters. The van der Waals surface area contributed by atoms with E-state index in [-0.39, 0.29) is 35.0 Å². The Hall–Kier alpha value is -5.31. The fourth-order valence-electron chi connectivity index (χ4n) is 6.51. The highest BCUT2D eigenvalue weighted by Gasteiger charge is 2.45. The summed E-state index contributed by atoms with van der Waals surface area (Å²) in [5.74, 6) is 0.649. The van der Waals surface area contributed by atoms with Crippen molar-refractivity contribution in [3.05, 3.63) is 93.3 Å². The van der Waals surface area contributed by atoms with E-state index in [9.17, 15) is 9.59 Å². The molecule has 2 aromatic carbocycles. The lowest BCUT2D eigenvalue weighted by Crippen LogP contribution is -2.34. The molecule has 1 aliphatic carbocycles. The number of anilines is 1. The van der Waals surface area contributed by atoms with Crippen LogP contribution in [0.3, 0.4) is 0 Å². The van der Waals surface area contributed by atoms with Crippen LogP contribution in [0, 0.1) is 22.6 Å². The Kier molecular flexibility index (Phi) is 8.66. The fraction of sp³-hybridized carbons (Fsp3) is 0.353. The second-order valence-corrected chi connectivity index (χ2v) is 12.1. The van der Waals surface area contributed by atoms with Gasteiger partial charge in [-0.25, -0.2) is 14.5 Å². The number of halogens is 1. The molecule has 4 heterocycles. The number of fused-ring (bicyclic) bond motifs is 1. The van der Waals surface area contributed by atoms with Gasteiger partial charge in [-0.3, -0.25) is 14.4 Å². The number of likely N-dealkylation sites (tertiary alicyclic amines) is 1. The van der Waals surface area contributed by atoms with Gasteiger partial charge in [0.1, 0.15) is 23.5 Å². The topological polar surface area (TPSA) is 153 Å². The number of amides is 1. The van der Waals surface area contributed by atoms with Crippen LogP contribution in [0.2, 0.25) is 0 Å². The molecule has 4 aromatic rings. The molecular weight excluding hydrogens is 591 g/mol. The SMILES string of the molecule is N#Cc1ccc(N2CCC3(CCN(C(=O)c4cc(Cc5n[nH]c(=O)c6ccc(OC7CCC7)cc56)ccc4F)C3)C2)nc1.O=CO. The minimum Gasteiger partial charge on any atom is -0.490 e. The van der Waals surface area contributed by atoms with Gasteiger partial charge in [0.15, 0.2) is 0 Å². The van der Waals surface area contributed by atoms with Gasteiger partial charge in [0, 0.05) is 49.6 Å². The summed E-state index contributed by atoms with van der Waals surface area (Å²) < 4.78 is 21.1. The molecule has 7 rings (SSSR count). The molecule has 1 amide bonds. The molecule has 2 aliphatic heterocycles. The van der Waals surface area contributed by atoms with Crippen LogP contribution in [0.1, 0.15) is 59.3 Å². The number of hydrogen-bond acceptors (Lipinski definition) is 8. The number of carboxylic acid groups (broad SMARTS) is 1. The first-order valence-electron chi connectivity index (χ1n) is 15.3. The van der Waals surface area contributed by atoms with Crippen molar-refractivity contribution in [2.24, 2.45) is 5.41 Å². The van der Waals surface area contributed by atoms with Crippen molar-refractivity contribution in [2.45, 2.75) is 44.6 Å². The predicted molar refractivity (Wildman–Crippen MR) is 167 cm³/mol. The van der Waals surface area contributed by atoms with Gasteiger partial charge < -0.3 is 19.6 Å². The molecule has 0 radical (unpaired) electrons. The minimum atomic E-state index is -0.556. The van der Waals surface area contributed by atoms with E-state index in [4.69, 9.17) is 19.9 Å². The molecule has 3 fully saturated rings. The minimum absolute atomic E-state index is 0.0425. The first kappa shape index (κ1) is 30.7. The summed E-state index contributed by atoms with van der Waals surface area (Å²) in [5.41, 5.74) is 1.56. The average Bonchev–Trinajstić information content (AvgIpc) is 3.67. The van der Waals surface area contributed by atoms with E-state index < -0.39 is 5.82 Å². The second-order valence-electron chi connectivity index (χ2n) is 12.1. The van der Waals surface area contributed by atoms with Gasteiger partial charge in [-0.1, -0.05) is 6.07 Å². The molecule has 11 nitrogen and oxygen atoms in total. The number of nitrogens with zero attached hydrogens (tertiary/aromatic N) is 5. The van der Waals surface area contributed by atoms with Crippen molar-refractivity contribution in [2.75, 3.05) is 31.1 Å². The van der Waals surface area contributed by atoms with E-state index in [2.05, 4.69) is 26.2 Å². The largest absolute Gasteiger partial charge is 0.490 e. The zero-order valence-electron chi connectivity index (χ0n) is 25.1. The van der Waals surface area contributed by atoms with E-state index in [0.717, 1.165) is 56.6 Å². The van der Waals surface area contributed by atoms with Crippen LogP contribution >= 0.6 is 0 Å². The Balaban J connectivity index is 0.00000119. The Morgan fingerprint density at radius 1 is 1.13 bits per heavy atom. The molecule has 46 heavy (non-hydrogen) atoms. The number of H-pyrrole nitrogens is 1. The summed E-state index contributed by atoms with van der Waals surface area (Å²) in [6, 6.07) is 15.7. The van der Waals surface area contributed by atoms with Crippen LogP contribution in [-0.4, -0.2) is 69.9 Å². The number of pyridine rings is 1. The molecule has 12 heteroatoms. The zero-order valence-corrected chi connectivity index (χ0v) is 25.1. The van der Waals surface area contributed by atoms with E-state index in [1.165, 1.54) is 6.07 Å². The maximum Gasteiger partial charge on any atom is 0.290 e. The lowest BCUT2D eigenvalue weighted by atomic mass is 9.86. The van der Waals surface area contributed by atoms with Crippen LogP contribution in [0.15, 0.2) is 59.5 Å². The normalized spacial score (nSPS) is 19.0. The van der Waals surface area contributed by atoms with Crippen molar-refractivity contribution < 1.29 is 23.8 Å². The van der Waals surface area contributed by atoms with Crippen molar-refractivity contribution in [3.63, 3.8) is 0 Å². The van der Waals surface area contributed by atoms with Gasteiger partial charge in [-0.05, 0) is 80.1 Å². The molecule has 236 valence electrons. The molecule has 0 bridgehead atoms. The van der Waals surface area contributed by atoms with Gasteiger partial charge >= 0.3 is 0 Å². The number of carbonyl (C=O) groups excluding carboxylic acids is 1. The number of ether oxygens (including phenoxy) is 1. The first-order chi connectivity index (χ1) is 22.3. The standard InChI is InChI=1S/C33H31FN6O3.CH2O2/c34-28-8-4-21(15-29-26-16-24(43-23-2-1-3-23)6-7-25(26)31(41)38-37-29)14-27(28)32(42)40-13-11-33(20-40)10-12-39(19-33)30-9-5-22(17-35)18-36-30;2-1-3/h4-9,14,16,18,23H,1-3,10-13,15,19-20H2,(H,38,41);1H,(H,2,3). The summed E-state index contributed by atoms with van der Waals surface area (Å²) in [7, 11) is 0. The third-order valence-electron chi connectivity index (χ3n) is 9.19. The summed E-state index contributed by atoms with van der Waals surface area (Å²) in [5, 5.41) is 24.0. The lowest BCUT2D eigenvalue weighted by Gasteiger charge is -2.26. The molecule has 2 N–H and O–H groups in total. The van der Waals surface area contributed by atoms with Crippen LogP contribution in [0.25, 0.3) is 10.8 Å². The van der Waals surface area contributed by atoms with Crippen LogP contribution in [0.5, 0.6) is 5.75 Å². The maximum absolute atomic E-state index is 15.1. The number of rotatable bonds is 6. The molecular formula is C34H33FN6O5. The lowest BCUT2D eigenvalue weighted by molar-refractivity contribution is -0.122. The maximum atomic E-state index is 15.1. The molecule has 1 spiro atoms. The van der Waals surface area contributed by atoms with Crippen molar-refractivity contribution >= 4 is 29.0 Å². The number of aromatic amines is 1. The number of benzene rings is 2. The second kappa shape index (κ2) is 13.0. The Morgan fingerprint density at radius 3 is 2.65 bits per heavy atom. The average molecular weight is 625 g/mol. The van der Waals surface area contributed by atoms with Crippen molar-refractivity contribution in [1.29, 1.82) is 5.26 Å². The van der Waals surface area contributed by atoms with Gasteiger partial charge in [0.25, 0.3) is 17.9 Å². The number of nitriles is 1. The van der Waals surface area contributed by atoms with E-state index in [1.54, 1.807) is 35.4 Å². The van der Waals surface area contributed by atoms with E-state index in [1.807, 2.05) is 18.2 Å². The predicted octanol–water partition coefficient (Wildman–Crippen LogP) is 4.29. The Morgan fingerprint density at radius 2 is 1.93 bits per heavy atom. The Bertz CT molecular complexity index is 1870. The third kappa shape index (κ3) is 6.26. The monoisotopic (exact) mass is 624 g/mol. The van der Waals surface area contributed by atoms with Gasteiger partial charge in [0.05, 0.1) is 28.3 Å². The summed E-state index contributed by atoms with van der Waals surface area (Å²) >= 11 is 0. The van der Waals surface area contributed by atoms with Gasteiger partial charge in [0.2, 0.25) is 0 Å². The van der Waals surface area contributed by atoms with Crippen LogP contribution in [-0.2, 0) is 11.2 Å². The first-order valence-corrected chi connectivity index (χ1v) is 15.3. The summed E-state index contributed by atoms with van der Waals surface area (Å²) in [6.45, 7) is 2.44. The summed E-state index contributed by atoms with van der Waals surface area (Å²) in [6.07, 6.45) is 7.05. The summed E-state index contributed by atoms with van der Waals surface area (Å²) in [4.78, 5) is 42.8. The number of carbonyl (C=O) groups is 2. The van der Waals surface area contributed by atoms with Crippen molar-refractivity contribution in [1.82, 2.24) is 20.1 Å². The number of aromatic nitrogens is 3. The third-order valence-corrected chi connectivity index (χ3v) is 9.19. The van der Waals surface area contributed by atoms with Gasteiger partial charge in [-0.15, -0.1) is 0 Å². The molecule has 3 aliphatic rings.